The maximum absolute atomic E-state index is 12.9. The van der Waals surface area contributed by atoms with E-state index in [9.17, 15) is 9.59 Å². The fourth-order valence-corrected chi connectivity index (χ4v) is 4.19. The molecule has 2 fully saturated rings. The Labute approximate surface area is 188 Å². The van der Waals surface area contributed by atoms with Crippen LogP contribution in [0.5, 0.6) is 11.5 Å². The molecule has 0 bridgehead atoms. The summed E-state index contributed by atoms with van der Waals surface area (Å²) in [5.74, 6) is 0.495. The minimum Gasteiger partial charge on any atom is -0.497 e. The van der Waals surface area contributed by atoms with Crippen molar-refractivity contribution in [3.8, 4) is 11.5 Å². The van der Waals surface area contributed by atoms with Crippen LogP contribution in [0.3, 0.4) is 0 Å². The SMILES string of the molecule is COc1ccc(OC)c(N2CC(C(=O)Nc3ccc(N4CCN(C)CC4)cc3)CC2=O)c1. The molecule has 8 nitrogen and oxygen atoms in total. The Kier molecular flexibility index (Phi) is 6.50. The molecular weight excluding hydrogens is 408 g/mol. The zero-order chi connectivity index (χ0) is 22.7. The molecule has 0 radical (unpaired) electrons. The van der Waals surface area contributed by atoms with Gasteiger partial charge in [0.1, 0.15) is 11.5 Å². The van der Waals surface area contributed by atoms with Gasteiger partial charge in [-0.3, -0.25) is 9.59 Å². The lowest BCUT2D eigenvalue weighted by molar-refractivity contribution is -0.122. The van der Waals surface area contributed by atoms with Crippen molar-refractivity contribution in [2.45, 2.75) is 6.42 Å². The number of benzene rings is 2. The van der Waals surface area contributed by atoms with E-state index in [0.717, 1.165) is 37.6 Å². The molecule has 1 unspecified atom stereocenters. The second-order valence-corrected chi connectivity index (χ2v) is 8.27. The number of piperazine rings is 1. The zero-order valence-corrected chi connectivity index (χ0v) is 18.8. The third kappa shape index (κ3) is 4.65. The van der Waals surface area contributed by atoms with Crippen LogP contribution in [0.25, 0.3) is 0 Å². The van der Waals surface area contributed by atoms with Crippen molar-refractivity contribution in [2.24, 2.45) is 5.92 Å². The molecule has 2 aromatic rings. The van der Waals surface area contributed by atoms with Crippen LogP contribution in [0, 0.1) is 5.92 Å². The first kappa shape index (κ1) is 22.0. The average Bonchev–Trinajstić information content (AvgIpc) is 3.21. The van der Waals surface area contributed by atoms with E-state index in [2.05, 4.69) is 22.2 Å². The van der Waals surface area contributed by atoms with Gasteiger partial charge in [0.15, 0.2) is 0 Å². The number of ether oxygens (including phenoxy) is 2. The molecule has 2 amide bonds. The van der Waals surface area contributed by atoms with Crippen LogP contribution in [-0.2, 0) is 9.59 Å². The van der Waals surface area contributed by atoms with Crippen LogP contribution in [0.4, 0.5) is 17.1 Å². The van der Waals surface area contributed by atoms with Crippen molar-refractivity contribution < 1.29 is 19.1 Å². The summed E-state index contributed by atoms with van der Waals surface area (Å²) in [7, 11) is 5.26. The zero-order valence-electron chi connectivity index (χ0n) is 18.8. The van der Waals surface area contributed by atoms with Gasteiger partial charge in [-0.2, -0.15) is 0 Å². The highest BCUT2D eigenvalue weighted by Crippen LogP contribution is 2.36. The first-order valence-corrected chi connectivity index (χ1v) is 10.9. The highest BCUT2D eigenvalue weighted by atomic mass is 16.5. The fourth-order valence-electron chi connectivity index (χ4n) is 4.19. The summed E-state index contributed by atoms with van der Waals surface area (Å²) in [4.78, 5) is 31.8. The number of hydrogen-bond donors (Lipinski definition) is 1. The van der Waals surface area contributed by atoms with E-state index in [0.29, 0.717) is 23.7 Å². The molecule has 2 heterocycles. The molecular formula is C24H30N4O4. The standard InChI is InChI=1S/C24H30N4O4/c1-26-10-12-27(13-11-26)19-6-4-18(5-7-19)25-24(30)17-14-23(29)28(16-17)21-15-20(31-2)8-9-22(21)32-3/h4-9,15,17H,10-14,16H2,1-3H3,(H,25,30). The Bertz CT molecular complexity index is 970. The van der Waals surface area contributed by atoms with Gasteiger partial charge in [0.25, 0.3) is 0 Å². The van der Waals surface area contributed by atoms with Crippen molar-refractivity contribution in [1.82, 2.24) is 4.90 Å². The normalized spacial score (nSPS) is 19.2. The predicted molar refractivity (Wildman–Crippen MR) is 125 cm³/mol. The van der Waals surface area contributed by atoms with E-state index in [1.165, 1.54) is 0 Å². The molecule has 0 spiro atoms. The summed E-state index contributed by atoms with van der Waals surface area (Å²) in [6.07, 6.45) is 0.158. The Morgan fingerprint density at radius 3 is 2.38 bits per heavy atom. The lowest BCUT2D eigenvalue weighted by Crippen LogP contribution is -2.44. The molecule has 8 heteroatoms. The van der Waals surface area contributed by atoms with Crippen LogP contribution >= 0.6 is 0 Å². The molecule has 0 saturated carbocycles. The monoisotopic (exact) mass is 438 g/mol. The van der Waals surface area contributed by atoms with Gasteiger partial charge in [0, 0.05) is 56.6 Å². The maximum atomic E-state index is 12.9. The summed E-state index contributed by atoms with van der Waals surface area (Å²) in [5, 5.41) is 2.96. The van der Waals surface area contributed by atoms with E-state index < -0.39 is 5.92 Å². The Hall–Kier alpha value is -3.26. The van der Waals surface area contributed by atoms with Gasteiger partial charge in [-0.05, 0) is 43.4 Å². The highest BCUT2D eigenvalue weighted by molar-refractivity contribution is 6.04. The number of rotatable bonds is 6. The summed E-state index contributed by atoms with van der Waals surface area (Å²) < 4.78 is 10.7. The number of hydrogen-bond acceptors (Lipinski definition) is 6. The van der Waals surface area contributed by atoms with Crippen LogP contribution in [-0.4, -0.2) is 70.7 Å². The van der Waals surface area contributed by atoms with Crippen molar-refractivity contribution in [2.75, 3.05) is 69.1 Å². The molecule has 2 aliphatic rings. The van der Waals surface area contributed by atoms with Gasteiger partial charge in [0.05, 0.1) is 25.8 Å². The van der Waals surface area contributed by atoms with Crippen molar-refractivity contribution >= 4 is 28.9 Å². The number of carbonyl (C=O) groups is 2. The molecule has 1 atom stereocenters. The summed E-state index contributed by atoms with van der Waals surface area (Å²) >= 11 is 0. The molecule has 0 aliphatic carbocycles. The van der Waals surface area contributed by atoms with E-state index in [1.54, 1.807) is 37.3 Å². The van der Waals surface area contributed by atoms with E-state index in [4.69, 9.17) is 9.47 Å². The minimum absolute atomic E-state index is 0.109. The van der Waals surface area contributed by atoms with Gasteiger partial charge in [0.2, 0.25) is 11.8 Å². The topological polar surface area (TPSA) is 74.4 Å². The number of anilines is 3. The predicted octanol–water partition coefficient (Wildman–Crippen LogP) is 2.45. The van der Waals surface area contributed by atoms with Crippen LogP contribution < -0.4 is 24.6 Å². The quantitative estimate of drug-likeness (QED) is 0.747. The first-order valence-electron chi connectivity index (χ1n) is 10.9. The van der Waals surface area contributed by atoms with Gasteiger partial charge in [-0.25, -0.2) is 0 Å². The third-order valence-electron chi connectivity index (χ3n) is 6.18. The van der Waals surface area contributed by atoms with Crippen molar-refractivity contribution in [3.05, 3.63) is 42.5 Å². The first-order chi connectivity index (χ1) is 15.5. The minimum atomic E-state index is -0.435. The fraction of sp³-hybridized carbons (Fsp3) is 0.417. The smallest absolute Gasteiger partial charge is 0.229 e. The Morgan fingerprint density at radius 2 is 1.72 bits per heavy atom. The lowest BCUT2D eigenvalue weighted by Gasteiger charge is -2.34. The number of amides is 2. The average molecular weight is 439 g/mol. The third-order valence-corrected chi connectivity index (χ3v) is 6.18. The van der Waals surface area contributed by atoms with Gasteiger partial charge in [-0.15, -0.1) is 0 Å². The van der Waals surface area contributed by atoms with Crippen LogP contribution in [0.2, 0.25) is 0 Å². The van der Waals surface area contributed by atoms with Crippen molar-refractivity contribution in [3.63, 3.8) is 0 Å². The summed E-state index contributed by atoms with van der Waals surface area (Å²) in [5.41, 5.74) is 2.50. The Morgan fingerprint density at radius 1 is 1.00 bits per heavy atom. The maximum Gasteiger partial charge on any atom is 0.229 e. The molecule has 4 rings (SSSR count). The van der Waals surface area contributed by atoms with Gasteiger partial charge < -0.3 is 29.5 Å². The number of likely N-dealkylation sites (N-methyl/N-ethyl adjacent to an activating group) is 1. The van der Waals surface area contributed by atoms with E-state index in [1.807, 2.05) is 24.3 Å². The van der Waals surface area contributed by atoms with Crippen LogP contribution in [0.1, 0.15) is 6.42 Å². The molecule has 32 heavy (non-hydrogen) atoms. The second-order valence-electron chi connectivity index (χ2n) is 8.27. The molecule has 0 aromatic heterocycles. The lowest BCUT2D eigenvalue weighted by atomic mass is 10.1. The number of nitrogens with zero attached hydrogens (tertiary/aromatic N) is 3. The largest absolute Gasteiger partial charge is 0.497 e. The second kappa shape index (κ2) is 9.48. The number of nitrogens with one attached hydrogen (secondary N) is 1. The van der Waals surface area contributed by atoms with Crippen LogP contribution in [0.15, 0.2) is 42.5 Å². The molecule has 170 valence electrons. The van der Waals surface area contributed by atoms with Gasteiger partial charge in [-0.1, -0.05) is 0 Å². The number of methoxy groups -OCH3 is 2. The van der Waals surface area contributed by atoms with E-state index >= 15 is 0 Å². The molecule has 2 aliphatic heterocycles. The summed E-state index contributed by atoms with van der Waals surface area (Å²) in [6.45, 7) is 4.38. The molecule has 2 aromatic carbocycles. The number of carbonyl (C=O) groups excluding carboxylic acids is 2. The molecule has 2 saturated heterocycles. The van der Waals surface area contributed by atoms with Gasteiger partial charge >= 0.3 is 0 Å². The Balaban J connectivity index is 1.40. The molecule has 1 N–H and O–H groups in total. The van der Waals surface area contributed by atoms with Crippen molar-refractivity contribution in [1.29, 1.82) is 0 Å². The summed E-state index contributed by atoms with van der Waals surface area (Å²) in [6, 6.07) is 13.2. The van der Waals surface area contributed by atoms with E-state index in [-0.39, 0.29) is 18.2 Å². The highest BCUT2D eigenvalue weighted by Gasteiger charge is 2.36.